The van der Waals surface area contributed by atoms with Crippen molar-refractivity contribution in [3.63, 3.8) is 0 Å². The molecule has 4 heterocycles. The van der Waals surface area contributed by atoms with Gasteiger partial charge < -0.3 is 19.5 Å². The summed E-state index contributed by atoms with van der Waals surface area (Å²) in [6.07, 6.45) is 5.76. The molecule has 5 heteroatoms. The number of hydrogen-bond donors (Lipinski definition) is 1. The molecule has 5 nitrogen and oxygen atoms in total. The van der Waals surface area contributed by atoms with Crippen molar-refractivity contribution in [3.05, 3.63) is 71.4 Å². The zero-order chi connectivity index (χ0) is 21.2. The lowest BCUT2D eigenvalue weighted by Crippen LogP contribution is -2.56. The van der Waals surface area contributed by atoms with E-state index in [1.54, 1.807) is 0 Å². The van der Waals surface area contributed by atoms with Crippen molar-refractivity contribution in [3.8, 4) is 0 Å². The summed E-state index contributed by atoms with van der Waals surface area (Å²) < 4.78 is 7.36. The average molecular weight is 418 g/mol. The summed E-state index contributed by atoms with van der Waals surface area (Å²) in [6, 6.07) is 17.0. The van der Waals surface area contributed by atoms with Gasteiger partial charge in [-0.3, -0.25) is 0 Å². The van der Waals surface area contributed by atoms with Crippen LogP contribution in [0.3, 0.4) is 0 Å². The molecule has 3 aliphatic rings. The summed E-state index contributed by atoms with van der Waals surface area (Å²) in [5.41, 5.74) is 4.20. The van der Waals surface area contributed by atoms with Gasteiger partial charge in [0.15, 0.2) is 0 Å². The summed E-state index contributed by atoms with van der Waals surface area (Å²) >= 11 is 0. The first-order valence-electron chi connectivity index (χ1n) is 11.4. The van der Waals surface area contributed by atoms with E-state index in [1.165, 1.54) is 50.7 Å². The molecule has 0 saturated carbocycles. The molecule has 0 spiro atoms. The molecule has 0 unspecified atom stereocenters. The highest BCUT2D eigenvalue weighted by atomic mass is 16.5. The maximum atomic E-state index is 12.5. The molecule has 162 valence electrons. The highest BCUT2D eigenvalue weighted by Gasteiger charge is 2.33. The maximum Gasteiger partial charge on any atom is 0.338 e. The Morgan fingerprint density at radius 2 is 1.90 bits per heavy atom. The number of nitrogens with one attached hydrogen (secondary N) is 1. The maximum absolute atomic E-state index is 12.5. The van der Waals surface area contributed by atoms with E-state index in [9.17, 15) is 4.79 Å². The summed E-state index contributed by atoms with van der Waals surface area (Å²) in [5.74, 6) is 0.546. The second-order valence-electron chi connectivity index (χ2n) is 8.91. The number of piperidine rings is 3. The highest BCUT2D eigenvalue weighted by molar-refractivity contribution is 6.05. The van der Waals surface area contributed by atoms with E-state index in [0.29, 0.717) is 11.6 Å². The first-order chi connectivity index (χ1) is 15.2. The Kier molecular flexibility index (Phi) is 5.79. The van der Waals surface area contributed by atoms with E-state index in [-0.39, 0.29) is 5.97 Å². The number of carbonyl (C=O) groups excluding carboxylic acids is 1. The number of hydrogen-bond acceptors (Lipinski definition) is 4. The van der Waals surface area contributed by atoms with Crippen LogP contribution in [-0.2, 0) is 17.7 Å². The Balaban J connectivity index is 1.41. The molecule has 1 N–H and O–H groups in total. The fourth-order valence-electron chi connectivity index (χ4n) is 5.41. The lowest BCUT2D eigenvalue weighted by atomic mass is 9.84. The quantitative estimate of drug-likeness (QED) is 0.596. The van der Waals surface area contributed by atoms with Crippen molar-refractivity contribution < 1.29 is 9.53 Å². The van der Waals surface area contributed by atoms with Crippen LogP contribution in [0.25, 0.3) is 10.9 Å². The number of carbonyl (C=O) groups is 1. The number of ether oxygens (including phenoxy) is 1. The molecule has 3 aliphatic heterocycles. The fraction of sp³-hybridized carbons (Fsp3) is 0.423. The molecule has 3 fully saturated rings. The Morgan fingerprint density at radius 1 is 1.10 bits per heavy atom. The summed E-state index contributed by atoms with van der Waals surface area (Å²) in [6.45, 7) is 5.41. The van der Waals surface area contributed by atoms with Gasteiger partial charge in [0.05, 0.1) is 12.7 Å². The fourth-order valence-corrected chi connectivity index (χ4v) is 5.41. The molecule has 2 aromatic carbocycles. The van der Waals surface area contributed by atoms with Crippen LogP contribution in [-0.4, -0.2) is 54.8 Å². The first kappa shape index (κ1) is 20.3. The normalized spacial score (nSPS) is 22.7. The molecule has 6 rings (SSSR count). The predicted molar refractivity (Wildman–Crippen MR) is 123 cm³/mol. The van der Waals surface area contributed by atoms with E-state index in [4.69, 9.17) is 4.74 Å². The molecule has 0 aliphatic carbocycles. The number of aromatic nitrogens is 1. The van der Waals surface area contributed by atoms with Crippen molar-refractivity contribution in [1.82, 2.24) is 14.8 Å². The van der Waals surface area contributed by atoms with Gasteiger partial charge in [-0.25, -0.2) is 4.79 Å². The average Bonchev–Trinajstić information content (AvgIpc) is 3.17. The number of methoxy groups -OCH3 is 1. The minimum Gasteiger partial charge on any atom is -0.465 e. The van der Waals surface area contributed by atoms with Gasteiger partial charge in [0.1, 0.15) is 0 Å². The predicted octanol–water partition coefficient (Wildman–Crippen LogP) is 3.70. The van der Waals surface area contributed by atoms with Gasteiger partial charge in [0.25, 0.3) is 0 Å². The largest absolute Gasteiger partial charge is 0.465 e. The first-order valence-corrected chi connectivity index (χ1v) is 11.4. The molecule has 0 radical (unpaired) electrons. The van der Waals surface area contributed by atoms with Crippen LogP contribution in [0.2, 0.25) is 0 Å². The lowest BCUT2D eigenvalue weighted by molar-refractivity contribution is 0.0603. The molecule has 1 aromatic heterocycles. The second kappa shape index (κ2) is 8.85. The van der Waals surface area contributed by atoms with Crippen molar-refractivity contribution in [2.75, 3.05) is 33.3 Å². The molecular formula is C26H31N3O2. The second-order valence-corrected chi connectivity index (χ2v) is 8.91. The topological polar surface area (TPSA) is 46.5 Å². The van der Waals surface area contributed by atoms with Crippen molar-refractivity contribution in [2.24, 2.45) is 5.92 Å². The molecule has 1 atom stereocenters. The van der Waals surface area contributed by atoms with Crippen LogP contribution >= 0.6 is 0 Å². The zero-order valence-electron chi connectivity index (χ0n) is 18.2. The highest BCUT2D eigenvalue weighted by Crippen LogP contribution is 2.29. The van der Waals surface area contributed by atoms with E-state index in [1.807, 2.05) is 18.2 Å². The van der Waals surface area contributed by atoms with Gasteiger partial charge in [-0.1, -0.05) is 36.4 Å². The number of fused-ring (bicyclic) bond motifs is 4. The van der Waals surface area contributed by atoms with Crippen LogP contribution < -0.4 is 5.32 Å². The third-order valence-corrected chi connectivity index (χ3v) is 7.04. The van der Waals surface area contributed by atoms with E-state index >= 15 is 0 Å². The Labute approximate surface area is 184 Å². The molecule has 2 bridgehead atoms. The number of rotatable bonds is 7. The molecule has 0 amide bonds. The molecule has 31 heavy (non-hydrogen) atoms. The van der Waals surface area contributed by atoms with Gasteiger partial charge in [-0.2, -0.15) is 0 Å². The summed E-state index contributed by atoms with van der Waals surface area (Å²) in [7, 11) is 1.46. The number of benzene rings is 2. The van der Waals surface area contributed by atoms with Gasteiger partial charge in [0.2, 0.25) is 0 Å². The van der Waals surface area contributed by atoms with Gasteiger partial charge >= 0.3 is 5.97 Å². The third kappa shape index (κ3) is 4.12. The minimum absolute atomic E-state index is 0.269. The van der Waals surface area contributed by atoms with Gasteiger partial charge in [-0.15, -0.1) is 0 Å². The van der Waals surface area contributed by atoms with Crippen LogP contribution in [0.4, 0.5) is 0 Å². The van der Waals surface area contributed by atoms with E-state index < -0.39 is 0 Å². The monoisotopic (exact) mass is 417 g/mol. The van der Waals surface area contributed by atoms with Crippen LogP contribution in [0.15, 0.2) is 54.7 Å². The van der Waals surface area contributed by atoms with Crippen LogP contribution in [0.5, 0.6) is 0 Å². The minimum atomic E-state index is -0.269. The number of nitrogens with zero attached hydrogens (tertiary/aromatic N) is 2. The van der Waals surface area contributed by atoms with E-state index in [0.717, 1.165) is 36.3 Å². The van der Waals surface area contributed by atoms with Crippen molar-refractivity contribution in [2.45, 2.75) is 31.8 Å². The molecule has 3 saturated heterocycles. The van der Waals surface area contributed by atoms with E-state index in [2.05, 4.69) is 51.3 Å². The summed E-state index contributed by atoms with van der Waals surface area (Å²) in [4.78, 5) is 15.1. The van der Waals surface area contributed by atoms with Crippen LogP contribution in [0.1, 0.15) is 34.3 Å². The Hall–Kier alpha value is -2.63. The third-order valence-electron chi connectivity index (χ3n) is 7.04. The van der Waals surface area contributed by atoms with Gasteiger partial charge in [0, 0.05) is 36.2 Å². The SMILES string of the molecule is COC(=O)c1cccc2c1c(CCN[C@@H]1CN3CCC1CC3)cn2Cc1ccccc1. The Morgan fingerprint density at radius 3 is 2.61 bits per heavy atom. The summed E-state index contributed by atoms with van der Waals surface area (Å²) in [5, 5.41) is 4.85. The molecular weight excluding hydrogens is 386 g/mol. The lowest BCUT2D eigenvalue weighted by Gasteiger charge is -2.45. The zero-order valence-corrected chi connectivity index (χ0v) is 18.2. The van der Waals surface area contributed by atoms with Gasteiger partial charge in [-0.05, 0) is 68.1 Å². The number of esters is 1. The Bertz CT molecular complexity index is 1050. The van der Waals surface area contributed by atoms with Crippen molar-refractivity contribution in [1.29, 1.82) is 0 Å². The standard InChI is InChI=1S/C26H31N3O2/c1-31-26(30)22-8-5-9-24-25(22)21(17-29(24)16-19-6-3-2-4-7-19)10-13-27-23-18-28-14-11-20(23)12-15-28/h2-9,17,20,23,27H,10-16,18H2,1H3/t23-/m1/s1. The molecule has 3 aromatic rings. The van der Waals surface area contributed by atoms with Crippen molar-refractivity contribution >= 4 is 16.9 Å². The smallest absolute Gasteiger partial charge is 0.338 e. The van der Waals surface area contributed by atoms with Crippen LogP contribution in [0, 0.1) is 5.92 Å².